The summed E-state index contributed by atoms with van der Waals surface area (Å²) in [6.07, 6.45) is 7.01. The molecule has 0 saturated carbocycles. The first kappa shape index (κ1) is 25.8. The SMILES string of the molecule is CCOC(=O)c1cnn2c(Nc3cc(C)ccc3C)c(C(=O)N3CCC4(CC3)C(C)=Cc3ccccc34)cnc12. The predicted octanol–water partition coefficient (Wildman–Crippen LogP) is 5.86. The van der Waals surface area contributed by atoms with Crippen molar-refractivity contribution in [2.24, 2.45) is 0 Å². The average Bonchev–Trinajstić information content (AvgIpc) is 3.51. The summed E-state index contributed by atoms with van der Waals surface area (Å²) < 4.78 is 6.74. The van der Waals surface area contributed by atoms with Crippen LogP contribution in [0.4, 0.5) is 11.5 Å². The fourth-order valence-corrected chi connectivity index (χ4v) is 6.13. The zero-order valence-electron chi connectivity index (χ0n) is 23.3. The van der Waals surface area contributed by atoms with Gasteiger partial charge in [0, 0.05) is 30.4 Å². The minimum atomic E-state index is -0.497. The van der Waals surface area contributed by atoms with Crippen LogP contribution in [0.3, 0.4) is 0 Å². The molecule has 0 atom stereocenters. The molecule has 1 amide bonds. The van der Waals surface area contributed by atoms with E-state index < -0.39 is 5.97 Å². The summed E-state index contributed by atoms with van der Waals surface area (Å²) >= 11 is 0. The number of rotatable bonds is 5. The summed E-state index contributed by atoms with van der Waals surface area (Å²) in [6, 6.07) is 14.7. The largest absolute Gasteiger partial charge is 0.462 e. The van der Waals surface area contributed by atoms with E-state index in [-0.39, 0.29) is 23.5 Å². The van der Waals surface area contributed by atoms with Crippen LogP contribution in [0, 0.1) is 13.8 Å². The van der Waals surface area contributed by atoms with Crippen molar-refractivity contribution < 1.29 is 14.3 Å². The smallest absolute Gasteiger partial charge is 0.343 e. The number of amides is 1. The van der Waals surface area contributed by atoms with E-state index in [1.54, 1.807) is 13.1 Å². The van der Waals surface area contributed by atoms with Crippen molar-refractivity contribution >= 4 is 35.1 Å². The zero-order chi connectivity index (χ0) is 28.0. The van der Waals surface area contributed by atoms with E-state index in [9.17, 15) is 9.59 Å². The second-order valence-corrected chi connectivity index (χ2v) is 10.8. The van der Waals surface area contributed by atoms with Crippen LogP contribution < -0.4 is 5.32 Å². The molecule has 3 heterocycles. The fraction of sp³-hybridized carbons (Fsp3) is 0.312. The number of hydrogen-bond acceptors (Lipinski definition) is 6. The summed E-state index contributed by atoms with van der Waals surface area (Å²) in [6.45, 7) is 9.50. The second kappa shape index (κ2) is 9.93. The van der Waals surface area contributed by atoms with Crippen molar-refractivity contribution in [2.75, 3.05) is 25.0 Å². The molecule has 1 N–H and O–H groups in total. The number of fused-ring (bicyclic) bond motifs is 3. The minimum absolute atomic E-state index is 0.0220. The summed E-state index contributed by atoms with van der Waals surface area (Å²) in [4.78, 5) is 33.1. The van der Waals surface area contributed by atoms with Crippen molar-refractivity contribution in [3.05, 3.63) is 93.8 Å². The Morgan fingerprint density at radius 3 is 2.58 bits per heavy atom. The minimum Gasteiger partial charge on any atom is -0.462 e. The van der Waals surface area contributed by atoms with Crippen LogP contribution in [0.15, 0.2) is 60.4 Å². The molecule has 6 rings (SSSR count). The van der Waals surface area contributed by atoms with Gasteiger partial charge < -0.3 is 15.0 Å². The third kappa shape index (κ3) is 4.15. The number of piperidine rings is 1. The number of anilines is 2. The highest BCUT2D eigenvalue weighted by atomic mass is 16.5. The lowest BCUT2D eigenvalue weighted by Gasteiger charge is -2.41. The van der Waals surface area contributed by atoms with Crippen LogP contribution in [0.5, 0.6) is 0 Å². The molecule has 1 spiro atoms. The lowest BCUT2D eigenvalue weighted by atomic mass is 9.70. The molecule has 1 aliphatic heterocycles. The maximum atomic E-state index is 14.1. The van der Waals surface area contributed by atoms with Gasteiger partial charge in [-0.25, -0.2) is 9.78 Å². The molecule has 2 aromatic heterocycles. The van der Waals surface area contributed by atoms with E-state index >= 15 is 0 Å². The van der Waals surface area contributed by atoms with Crippen LogP contribution in [0.2, 0.25) is 0 Å². The molecule has 4 aromatic rings. The second-order valence-electron chi connectivity index (χ2n) is 10.8. The highest BCUT2D eigenvalue weighted by Gasteiger charge is 2.43. The van der Waals surface area contributed by atoms with Crippen molar-refractivity contribution in [1.82, 2.24) is 19.5 Å². The standard InChI is InChI=1S/C32H33N5O3/c1-5-40-31(39)25-19-34-37-28(25)33-18-24(29(37)35-27-16-20(2)10-11-21(27)3)30(38)36-14-12-32(13-15-36)22(4)17-23-8-6-7-9-26(23)32/h6-11,16-19,35H,5,12-15H2,1-4H3. The number of carbonyl (C=O) groups is 2. The van der Waals surface area contributed by atoms with Crippen LogP contribution in [0.25, 0.3) is 11.7 Å². The van der Waals surface area contributed by atoms with Gasteiger partial charge in [-0.05, 0) is 68.9 Å². The molecule has 1 aliphatic carbocycles. The van der Waals surface area contributed by atoms with E-state index in [4.69, 9.17) is 4.74 Å². The Morgan fingerprint density at radius 1 is 1.02 bits per heavy atom. The van der Waals surface area contributed by atoms with E-state index in [2.05, 4.69) is 52.7 Å². The molecule has 0 bridgehead atoms. The molecule has 0 unspecified atom stereocenters. The van der Waals surface area contributed by atoms with Crippen LogP contribution in [0.1, 0.15) is 69.7 Å². The van der Waals surface area contributed by atoms with Gasteiger partial charge in [0.1, 0.15) is 16.9 Å². The van der Waals surface area contributed by atoms with Crippen LogP contribution in [-0.2, 0) is 10.2 Å². The van der Waals surface area contributed by atoms with E-state index in [0.29, 0.717) is 30.1 Å². The Kier molecular flexibility index (Phi) is 6.41. The lowest BCUT2D eigenvalue weighted by Crippen LogP contribution is -2.45. The number of nitrogens with zero attached hydrogens (tertiary/aromatic N) is 4. The first-order valence-electron chi connectivity index (χ1n) is 13.8. The Balaban J connectivity index is 1.36. The number of nitrogens with one attached hydrogen (secondary N) is 1. The molecule has 204 valence electrons. The topological polar surface area (TPSA) is 88.8 Å². The van der Waals surface area contributed by atoms with Gasteiger partial charge in [0.25, 0.3) is 5.91 Å². The summed E-state index contributed by atoms with van der Waals surface area (Å²) in [5.74, 6) is -0.136. The monoisotopic (exact) mass is 535 g/mol. The molecule has 1 fully saturated rings. The molecule has 0 radical (unpaired) electrons. The number of hydrogen-bond donors (Lipinski definition) is 1. The number of ether oxygens (including phenoxy) is 1. The number of esters is 1. The fourth-order valence-electron chi connectivity index (χ4n) is 6.13. The highest BCUT2D eigenvalue weighted by molar-refractivity contribution is 6.01. The zero-order valence-corrected chi connectivity index (χ0v) is 23.3. The Labute approximate surface area is 233 Å². The quantitative estimate of drug-likeness (QED) is 0.322. The van der Waals surface area contributed by atoms with Crippen molar-refractivity contribution in [3.8, 4) is 0 Å². The average molecular weight is 536 g/mol. The molecule has 8 heteroatoms. The third-order valence-electron chi connectivity index (χ3n) is 8.41. The van der Waals surface area contributed by atoms with Crippen molar-refractivity contribution in [1.29, 1.82) is 0 Å². The van der Waals surface area contributed by atoms with Crippen LogP contribution in [-0.4, -0.2) is 51.1 Å². The molecular weight excluding hydrogens is 502 g/mol. The van der Waals surface area contributed by atoms with Gasteiger partial charge >= 0.3 is 5.97 Å². The summed E-state index contributed by atoms with van der Waals surface area (Å²) in [7, 11) is 0. The molecule has 2 aliphatic rings. The lowest BCUT2D eigenvalue weighted by molar-refractivity contribution is 0.0528. The van der Waals surface area contributed by atoms with Gasteiger partial charge in [-0.15, -0.1) is 0 Å². The van der Waals surface area contributed by atoms with Gasteiger partial charge in [-0.2, -0.15) is 9.61 Å². The van der Waals surface area contributed by atoms with Gasteiger partial charge in [-0.1, -0.05) is 48.0 Å². The summed E-state index contributed by atoms with van der Waals surface area (Å²) in [5.41, 5.74) is 7.95. The number of allylic oxidation sites excluding steroid dienone is 1. The van der Waals surface area contributed by atoms with Gasteiger partial charge in [0.15, 0.2) is 5.65 Å². The highest BCUT2D eigenvalue weighted by Crippen LogP contribution is 2.48. The van der Waals surface area contributed by atoms with Gasteiger partial charge in [0.05, 0.1) is 12.8 Å². The number of aryl methyl sites for hydroxylation is 2. The summed E-state index contributed by atoms with van der Waals surface area (Å²) in [5, 5.41) is 7.91. The Bertz CT molecular complexity index is 1680. The van der Waals surface area contributed by atoms with Gasteiger partial charge in [-0.3, -0.25) is 4.79 Å². The number of likely N-dealkylation sites (tertiary alicyclic amines) is 1. The third-order valence-corrected chi connectivity index (χ3v) is 8.41. The molecular formula is C32H33N5O3. The van der Waals surface area contributed by atoms with E-state index in [0.717, 1.165) is 29.7 Å². The number of aromatic nitrogens is 3. The van der Waals surface area contributed by atoms with Gasteiger partial charge in [0.2, 0.25) is 0 Å². The number of benzene rings is 2. The first-order chi connectivity index (χ1) is 19.3. The number of carbonyl (C=O) groups excluding carboxylic acids is 2. The van der Waals surface area contributed by atoms with Crippen LogP contribution >= 0.6 is 0 Å². The van der Waals surface area contributed by atoms with Crippen molar-refractivity contribution in [3.63, 3.8) is 0 Å². The molecule has 1 saturated heterocycles. The Morgan fingerprint density at radius 2 is 1.80 bits per heavy atom. The molecule has 40 heavy (non-hydrogen) atoms. The first-order valence-corrected chi connectivity index (χ1v) is 13.8. The molecule has 8 nitrogen and oxygen atoms in total. The maximum Gasteiger partial charge on any atom is 0.343 e. The van der Waals surface area contributed by atoms with Crippen molar-refractivity contribution in [2.45, 2.75) is 46.0 Å². The normalized spacial score (nSPS) is 15.7. The maximum absolute atomic E-state index is 14.1. The van der Waals surface area contributed by atoms with E-state index in [1.165, 1.54) is 27.4 Å². The van der Waals surface area contributed by atoms with E-state index in [1.807, 2.05) is 36.9 Å². The Hall–Kier alpha value is -4.46. The molecule has 2 aromatic carbocycles. The predicted molar refractivity (Wildman–Crippen MR) is 155 cm³/mol.